The normalized spacial score (nSPS) is 11.0. The minimum absolute atomic E-state index is 0.620. The molecule has 0 spiro atoms. The first-order valence-electron chi connectivity index (χ1n) is 7.13. The maximum absolute atomic E-state index is 4.49. The average Bonchev–Trinajstić information content (AvgIpc) is 3.16. The maximum Gasteiger partial charge on any atom is 0.163 e. The third-order valence-corrected chi connectivity index (χ3v) is 3.47. The number of hydrogen-bond acceptors (Lipinski definition) is 6. The Morgan fingerprint density at radius 1 is 1.13 bits per heavy atom. The molecule has 0 saturated heterocycles. The van der Waals surface area contributed by atoms with Crippen molar-refractivity contribution in [2.24, 2.45) is 7.05 Å². The molecular weight excluding hydrogens is 292 g/mol. The van der Waals surface area contributed by atoms with E-state index >= 15 is 0 Å². The molecule has 0 bridgehead atoms. The van der Waals surface area contributed by atoms with Crippen LogP contribution in [0.4, 0.5) is 11.6 Å². The van der Waals surface area contributed by atoms with E-state index in [1.165, 1.54) is 6.33 Å². The molecule has 4 aromatic rings. The van der Waals surface area contributed by atoms with Crippen molar-refractivity contribution in [1.29, 1.82) is 0 Å². The first kappa shape index (κ1) is 13.4. The van der Waals surface area contributed by atoms with Crippen molar-refractivity contribution in [2.45, 2.75) is 6.54 Å². The number of anilines is 2. The summed E-state index contributed by atoms with van der Waals surface area (Å²) in [5.41, 5.74) is 1.73. The van der Waals surface area contributed by atoms with Crippen LogP contribution in [-0.2, 0) is 13.6 Å². The van der Waals surface area contributed by atoms with Crippen LogP contribution in [0.2, 0.25) is 0 Å². The predicted octanol–water partition coefficient (Wildman–Crippen LogP) is 1.75. The molecule has 8 nitrogen and oxygen atoms in total. The van der Waals surface area contributed by atoms with Crippen molar-refractivity contribution in [3.8, 4) is 0 Å². The molecule has 0 radical (unpaired) electrons. The van der Waals surface area contributed by atoms with Gasteiger partial charge in [0.25, 0.3) is 0 Å². The molecule has 0 unspecified atom stereocenters. The molecule has 0 atom stereocenters. The number of aromatic nitrogens is 7. The minimum atomic E-state index is 0.620. The Bertz CT molecular complexity index is 940. The van der Waals surface area contributed by atoms with E-state index in [2.05, 4.69) is 30.5 Å². The molecule has 23 heavy (non-hydrogen) atoms. The van der Waals surface area contributed by atoms with Crippen molar-refractivity contribution in [2.75, 3.05) is 5.32 Å². The molecule has 8 heteroatoms. The smallest absolute Gasteiger partial charge is 0.163 e. The van der Waals surface area contributed by atoms with Crippen LogP contribution in [0.5, 0.6) is 0 Å². The van der Waals surface area contributed by atoms with Crippen LogP contribution in [-0.4, -0.2) is 34.5 Å². The Labute approximate surface area is 131 Å². The van der Waals surface area contributed by atoms with Crippen LogP contribution < -0.4 is 5.32 Å². The first-order valence-corrected chi connectivity index (χ1v) is 7.13. The number of pyridine rings is 1. The highest BCUT2D eigenvalue weighted by molar-refractivity contribution is 5.87. The Balaban J connectivity index is 1.57. The summed E-state index contributed by atoms with van der Waals surface area (Å²) in [6.45, 7) is 0.620. The lowest BCUT2D eigenvalue weighted by Crippen LogP contribution is -2.03. The van der Waals surface area contributed by atoms with Crippen LogP contribution in [0.15, 0.2) is 49.2 Å². The first-order chi connectivity index (χ1) is 11.3. The van der Waals surface area contributed by atoms with Crippen molar-refractivity contribution in [3.63, 3.8) is 0 Å². The monoisotopic (exact) mass is 306 g/mol. The van der Waals surface area contributed by atoms with Gasteiger partial charge in [0, 0.05) is 25.5 Å². The van der Waals surface area contributed by atoms with E-state index in [0.717, 1.165) is 16.7 Å². The molecular formula is C15H14N8. The van der Waals surface area contributed by atoms with Gasteiger partial charge < -0.3 is 5.32 Å². The Morgan fingerprint density at radius 2 is 2.09 bits per heavy atom. The maximum atomic E-state index is 4.49. The molecule has 1 N–H and O–H groups in total. The molecule has 0 amide bonds. The van der Waals surface area contributed by atoms with E-state index in [4.69, 9.17) is 0 Å². The molecule has 4 rings (SSSR count). The summed E-state index contributed by atoms with van der Waals surface area (Å²) in [5.74, 6) is 1.40. The second-order valence-corrected chi connectivity index (χ2v) is 5.07. The fourth-order valence-corrected chi connectivity index (χ4v) is 2.36. The topological polar surface area (TPSA) is 86.3 Å². The Morgan fingerprint density at radius 3 is 2.96 bits per heavy atom. The largest absolute Gasteiger partial charge is 0.323 e. The summed E-state index contributed by atoms with van der Waals surface area (Å²) in [4.78, 5) is 12.8. The highest BCUT2D eigenvalue weighted by Crippen LogP contribution is 2.21. The summed E-state index contributed by atoms with van der Waals surface area (Å²) in [6.07, 6.45) is 6.93. The SMILES string of the molecule is Cn1ncc2c(Nc3ccn(Cc4ccccn4)n3)ncnc21. The van der Waals surface area contributed by atoms with E-state index in [1.807, 2.05) is 42.2 Å². The van der Waals surface area contributed by atoms with Gasteiger partial charge in [-0.2, -0.15) is 10.2 Å². The number of fused-ring (bicyclic) bond motifs is 1. The van der Waals surface area contributed by atoms with Gasteiger partial charge in [-0.3, -0.25) is 14.3 Å². The second kappa shape index (κ2) is 5.48. The van der Waals surface area contributed by atoms with Gasteiger partial charge >= 0.3 is 0 Å². The Hall–Kier alpha value is -3.29. The van der Waals surface area contributed by atoms with Gasteiger partial charge in [0.15, 0.2) is 11.5 Å². The van der Waals surface area contributed by atoms with Gasteiger partial charge in [0.2, 0.25) is 0 Å². The predicted molar refractivity (Wildman–Crippen MR) is 85.2 cm³/mol. The van der Waals surface area contributed by atoms with Gasteiger partial charge in [-0.05, 0) is 12.1 Å². The molecule has 4 aromatic heterocycles. The quantitative estimate of drug-likeness (QED) is 0.618. The third kappa shape index (κ3) is 2.61. The number of nitrogens with one attached hydrogen (secondary N) is 1. The van der Waals surface area contributed by atoms with Gasteiger partial charge in [0.05, 0.1) is 23.8 Å². The summed E-state index contributed by atoms with van der Waals surface area (Å²) in [6, 6.07) is 7.73. The lowest BCUT2D eigenvalue weighted by Gasteiger charge is -2.03. The second-order valence-electron chi connectivity index (χ2n) is 5.07. The van der Waals surface area contributed by atoms with Crippen molar-refractivity contribution in [1.82, 2.24) is 34.5 Å². The molecule has 114 valence electrons. The van der Waals surface area contributed by atoms with Crippen LogP contribution in [0.1, 0.15) is 5.69 Å². The highest BCUT2D eigenvalue weighted by atomic mass is 15.3. The summed E-state index contributed by atoms with van der Waals surface area (Å²) < 4.78 is 3.54. The fraction of sp³-hybridized carbons (Fsp3) is 0.133. The summed E-state index contributed by atoms with van der Waals surface area (Å²) in [5, 5.41) is 12.8. The molecule has 4 heterocycles. The fourth-order valence-electron chi connectivity index (χ4n) is 2.36. The number of rotatable bonds is 4. The zero-order valence-corrected chi connectivity index (χ0v) is 12.5. The van der Waals surface area contributed by atoms with Crippen LogP contribution in [0, 0.1) is 0 Å². The van der Waals surface area contributed by atoms with E-state index in [-0.39, 0.29) is 0 Å². The van der Waals surface area contributed by atoms with Crippen molar-refractivity contribution >= 4 is 22.7 Å². The lowest BCUT2D eigenvalue weighted by atomic mass is 10.3. The lowest BCUT2D eigenvalue weighted by molar-refractivity contribution is 0.675. The van der Waals surface area contributed by atoms with E-state index in [1.54, 1.807) is 17.1 Å². The van der Waals surface area contributed by atoms with E-state index in [0.29, 0.717) is 18.2 Å². The Kier molecular flexibility index (Phi) is 3.19. The zero-order chi connectivity index (χ0) is 15.6. The van der Waals surface area contributed by atoms with Crippen LogP contribution >= 0.6 is 0 Å². The molecule has 0 fully saturated rings. The van der Waals surface area contributed by atoms with Crippen LogP contribution in [0.25, 0.3) is 11.0 Å². The van der Waals surface area contributed by atoms with Crippen molar-refractivity contribution in [3.05, 3.63) is 54.9 Å². The van der Waals surface area contributed by atoms with Gasteiger partial charge in [0.1, 0.15) is 12.1 Å². The zero-order valence-electron chi connectivity index (χ0n) is 12.5. The highest BCUT2D eigenvalue weighted by Gasteiger charge is 2.09. The number of aryl methyl sites for hydroxylation is 1. The molecule has 0 saturated carbocycles. The molecule has 0 aliphatic heterocycles. The summed E-state index contributed by atoms with van der Waals surface area (Å²) in [7, 11) is 1.85. The number of nitrogens with zero attached hydrogens (tertiary/aromatic N) is 7. The number of hydrogen-bond donors (Lipinski definition) is 1. The molecule has 0 aliphatic rings. The molecule has 0 aliphatic carbocycles. The van der Waals surface area contributed by atoms with E-state index < -0.39 is 0 Å². The minimum Gasteiger partial charge on any atom is -0.323 e. The average molecular weight is 306 g/mol. The van der Waals surface area contributed by atoms with E-state index in [9.17, 15) is 0 Å². The van der Waals surface area contributed by atoms with Gasteiger partial charge in [-0.25, -0.2) is 9.97 Å². The molecule has 0 aromatic carbocycles. The standard InChI is InChI=1S/C15H14N8/c1-22-15-12(8-19-22)14(17-10-18-15)20-13-5-7-23(21-13)9-11-4-2-3-6-16-11/h2-8,10H,9H2,1H3,(H,17,18,20,21). The van der Waals surface area contributed by atoms with Crippen LogP contribution in [0.3, 0.4) is 0 Å². The summed E-state index contributed by atoms with van der Waals surface area (Å²) >= 11 is 0. The van der Waals surface area contributed by atoms with Gasteiger partial charge in [-0.15, -0.1) is 0 Å². The van der Waals surface area contributed by atoms with Gasteiger partial charge in [-0.1, -0.05) is 6.07 Å². The third-order valence-electron chi connectivity index (χ3n) is 3.47. The van der Waals surface area contributed by atoms with Crippen molar-refractivity contribution < 1.29 is 0 Å².